The number of aryl methyl sites for hydroxylation is 1. The zero-order valence-electron chi connectivity index (χ0n) is 18.8. The summed E-state index contributed by atoms with van der Waals surface area (Å²) in [6.07, 6.45) is 1.73. The number of carbonyl (C=O) groups is 1. The number of hydrogen-bond acceptors (Lipinski definition) is 7. The molecule has 0 saturated carbocycles. The van der Waals surface area contributed by atoms with Gasteiger partial charge in [0, 0.05) is 24.2 Å². The predicted molar refractivity (Wildman–Crippen MR) is 118 cm³/mol. The van der Waals surface area contributed by atoms with Crippen molar-refractivity contribution in [3.63, 3.8) is 0 Å². The molecule has 1 amide bonds. The number of methoxy groups -OCH3 is 3. The molecule has 0 spiro atoms. The molecule has 1 saturated heterocycles. The largest absolute Gasteiger partial charge is 0.493 e. The van der Waals surface area contributed by atoms with E-state index >= 15 is 0 Å². The van der Waals surface area contributed by atoms with Crippen molar-refractivity contribution in [2.24, 2.45) is 0 Å². The predicted octanol–water partition coefficient (Wildman–Crippen LogP) is 4.09. The molecule has 0 bridgehead atoms. The average Bonchev–Trinajstić information content (AvgIpc) is 3.33. The van der Waals surface area contributed by atoms with Crippen molar-refractivity contribution < 1.29 is 23.5 Å². The summed E-state index contributed by atoms with van der Waals surface area (Å²) >= 11 is 0. The van der Waals surface area contributed by atoms with Crippen LogP contribution in [0.1, 0.15) is 40.6 Å². The van der Waals surface area contributed by atoms with Gasteiger partial charge in [-0.1, -0.05) is 35.0 Å². The Hall–Kier alpha value is -3.55. The van der Waals surface area contributed by atoms with Gasteiger partial charge in [0.2, 0.25) is 17.5 Å². The first-order chi connectivity index (χ1) is 15.5. The Labute approximate surface area is 187 Å². The summed E-state index contributed by atoms with van der Waals surface area (Å²) < 4.78 is 21.7. The van der Waals surface area contributed by atoms with E-state index in [9.17, 15) is 4.79 Å². The Balaban J connectivity index is 1.53. The average molecular weight is 437 g/mol. The lowest BCUT2D eigenvalue weighted by atomic mass is 9.97. The fraction of sp³-hybridized carbons (Fsp3) is 0.375. The molecule has 4 rings (SSSR count). The van der Waals surface area contributed by atoms with Crippen LogP contribution < -0.4 is 14.2 Å². The van der Waals surface area contributed by atoms with Crippen LogP contribution in [0.15, 0.2) is 40.9 Å². The lowest BCUT2D eigenvalue weighted by Gasteiger charge is -2.31. The maximum atomic E-state index is 13.3. The number of amides is 1. The molecule has 3 aromatic rings. The molecular formula is C24H27N3O5. The van der Waals surface area contributed by atoms with Gasteiger partial charge in [-0.3, -0.25) is 4.79 Å². The summed E-state index contributed by atoms with van der Waals surface area (Å²) in [5.41, 5.74) is 2.56. The molecule has 1 aliphatic heterocycles. The van der Waals surface area contributed by atoms with Gasteiger partial charge in [-0.05, 0) is 31.9 Å². The Bertz CT molecular complexity index is 1070. The molecule has 168 valence electrons. The van der Waals surface area contributed by atoms with Gasteiger partial charge in [0.25, 0.3) is 5.91 Å². The van der Waals surface area contributed by atoms with Crippen LogP contribution in [0.3, 0.4) is 0 Å². The van der Waals surface area contributed by atoms with Crippen LogP contribution in [0.5, 0.6) is 17.2 Å². The van der Waals surface area contributed by atoms with E-state index in [4.69, 9.17) is 18.7 Å². The minimum atomic E-state index is -0.104. The molecule has 1 aromatic heterocycles. The van der Waals surface area contributed by atoms with Gasteiger partial charge in [-0.15, -0.1) is 0 Å². The highest BCUT2D eigenvalue weighted by Gasteiger charge is 2.30. The van der Waals surface area contributed by atoms with Crippen molar-refractivity contribution in [1.29, 1.82) is 0 Å². The molecule has 32 heavy (non-hydrogen) atoms. The van der Waals surface area contributed by atoms with Gasteiger partial charge in [0.05, 0.1) is 27.2 Å². The molecule has 1 atom stereocenters. The molecule has 1 aliphatic rings. The van der Waals surface area contributed by atoms with E-state index in [0.717, 1.165) is 18.4 Å². The van der Waals surface area contributed by atoms with E-state index in [-0.39, 0.29) is 11.8 Å². The molecule has 1 fully saturated rings. The Morgan fingerprint density at radius 1 is 1.06 bits per heavy atom. The summed E-state index contributed by atoms with van der Waals surface area (Å²) in [6, 6.07) is 11.3. The molecule has 2 aromatic carbocycles. The Kier molecular flexibility index (Phi) is 6.30. The monoisotopic (exact) mass is 437 g/mol. The summed E-state index contributed by atoms with van der Waals surface area (Å²) in [6.45, 7) is 3.20. The number of hydrogen-bond donors (Lipinski definition) is 0. The third-order valence-corrected chi connectivity index (χ3v) is 5.72. The van der Waals surface area contributed by atoms with Gasteiger partial charge in [0.1, 0.15) is 0 Å². The normalized spacial score (nSPS) is 16.0. The molecule has 0 radical (unpaired) electrons. The van der Waals surface area contributed by atoms with Crippen LogP contribution in [0.25, 0.3) is 11.4 Å². The zero-order chi connectivity index (χ0) is 22.7. The van der Waals surface area contributed by atoms with Crippen LogP contribution in [0, 0.1) is 6.92 Å². The second-order valence-corrected chi connectivity index (χ2v) is 7.83. The minimum Gasteiger partial charge on any atom is -0.493 e. The van der Waals surface area contributed by atoms with Crippen molar-refractivity contribution in [3.8, 4) is 28.6 Å². The van der Waals surface area contributed by atoms with Crippen molar-refractivity contribution in [1.82, 2.24) is 15.0 Å². The number of carbonyl (C=O) groups excluding carboxylic acids is 1. The van der Waals surface area contributed by atoms with E-state index in [1.807, 2.05) is 36.1 Å². The summed E-state index contributed by atoms with van der Waals surface area (Å²) in [7, 11) is 4.60. The van der Waals surface area contributed by atoms with Crippen LogP contribution in [0.2, 0.25) is 0 Å². The van der Waals surface area contributed by atoms with E-state index < -0.39 is 0 Å². The van der Waals surface area contributed by atoms with Crippen molar-refractivity contribution >= 4 is 5.91 Å². The van der Waals surface area contributed by atoms with E-state index in [2.05, 4.69) is 10.1 Å². The van der Waals surface area contributed by atoms with Crippen molar-refractivity contribution in [2.75, 3.05) is 34.4 Å². The molecule has 2 heterocycles. The van der Waals surface area contributed by atoms with Crippen LogP contribution in [-0.4, -0.2) is 55.4 Å². The van der Waals surface area contributed by atoms with Gasteiger partial charge < -0.3 is 23.6 Å². The fourth-order valence-corrected chi connectivity index (χ4v) is 3.97. The smallest absolute Gasteiger partial charge is 0.254 e. The number of nitrogens with zero attached hydrogens (tertiary/aromatic N) is 3. The van der Waals surface area contributed by atoms with Crippen molar-refractivity contribution in [2.45, 2.75) is 25.7 Å². The second kappa shape index (κ2) is 9.30. The van der Waals surface area contributed by atoms with Gasteiger partial charge in [-0.2, -0.15) is 4.98 Å². The first kappa shape index (κ1) is 21.7. The SMILES string of the molecule is COc1cc(C(=O)N2CCC[C@@H](c3nc(-c4ccc(C)cc4)no3)C2)cc(OC)c1OC. The first-order valence-corrected chi connectivity index (χ1v) is 10.5. The molecular weight excluding hydrogens is 410 g/mol. The van der Waals surface area contributed by atoms with E-state index in [1.54, 1.807) is 12.1 Å². The van der Waals surface area contributed by atoms with Crippen molar-refractivity contribution in [3.05, 3.63) is 53.4 Å². The van der Waals surface area contributed by atoms with Crippen LogP contribution in [-0.2, 0) is 0 Å². The first-order valence-electron chi connectivity index (χ1n) is 10.5. The van der Waals surface area contributed by atoms with Gasteiger partial charge >= 0.3 is 0 Å². The lowest BCUT2D eigenvalue weighted by molar-refractivity contribution is 0.0695. The summed E-state index contributed by atoms with van der Waals surface area (Å²) in [4.78, 5) is 19.7. The maximum absolute atomic E-state index is 13.3. The standard InChI is InChI=1S/C24H27N3O5/c1-15-7-9-16(10-8-15)22-25-23(32-26-22)17-6-5-11-27(14-17)24(28)18-12-19(29-2)21(31-4)20(13-18)30-3/h7-10,12-13,17H,5-6,11,14H2,1-4H3/t17-/m1/s1. The number of likely N-dealkylation sites (tertiary alicyclic amines) is 1. The highest BCUT2D eigenvalue weighted by molar-refractivity contribution is 5.95. The number of aromatic nitrogens is 2. The number of benzene rings is 2. The Morgan fingerprint density at radius 2 is 1.75 bits per heavy atom. The molecule has 0 unspecified atom stereocenters. The highest BCUT2D eigenvalue weighted by Crippen LogP contribution is 2.39. The lowest BCUT2D eigenvalue weighted by Crippen LogP contribution is -2.39. The minimum absolute atomic E-state index is 0.0126. The summed E-state index contributed by atoms with van der Waals surface area (Å²) in [5.74, 6) is 2.36. The molecule has 0 N–H and O–H groups in total. The van der Waals surface area contributed by atoms with E-state index in [0.29, 0.717) is 47.6 Å². The number of rotatable bonds is 6. The van der Waals surface area contributed by atoms with E-state index in [1.165, 1.54) is 26.9 Å². The second-order valence-electron chi connectivity index (χ2n) is 7.83. The number of ether oxygens (including phenoxy) is 3. The Morgan fingerprint density at radius 3 is 2.38 bits per heavy atom. The third-order valence-electron chi connectivity index (χ3n) is 5.72. The zero-order valence-corrected chi connectivity index (χ0v) is 18.8. The van der Waals surface area contributed by atoms with Crippen LogP contribution in [0.4, 0.5) is 0 Å². The fourth-order valence-electron chi connectivity index (χ4n) is 3.97. The van der Waals surface area contributed by atoms with Gasteiger partial charge in [-0.25, -0.2) is 0 Å². The highest BCUT2D eigenvalue weighted by atomic mass is 16.5. The maximum Gasteiger partial charge on any atom is 0.254 e. The van der Waals surface area contributed by atoms with Crippen LogP contribution >= 0.6 is 0 Å². The molecule has 0 aliphatic carbocycles. The van der Waals surface area contributed by atoms with Gasteiger partial charge in [0.15, 0.2) is 11.5 Å². The third kappa shape index (κ3) is 4.26. The topological polar surface area (TPSA) is 86.9 Å². The number of piperidine rings is 1. The molecule has 8 nitrogen and oxygen atoms in total. The quantitative estimate of drug-likeness (QED) is 0.574. The summed E-state index contributed by atoms with van der Waals surface area (Å²) in [5, 5.41) is 4.15. The molecule has 8 heteroatoms.